The van der Waals surface area contributed by atoms with E-state index < -0.39 is 0 Å². The van der Waals surface area contributed by atoms with Crippen molar-refractivity contribution in [1.82, 2.24) is 0 Å². The zero-order chi connectivity index (χ0) is 12.8. The third-order valence-corrected chi connectivity index (χ3v) is 3.41. The van der Waals surface area contributed by atoms with Crippen LogP contribution in [0.2, 0.25) is 0 Å². The molecule has 2 rings (SSSR count). The number of rotatable bonds is 5. The van der Waals surface area contributed by atoms with Crippen LogP contribution in [-0.4, -0.2) is 11.2 Å². The third-order valence-electron chi connectivity index (χ3n) is 3.41. The highest BCUT2D eigenvalue weighted by Gasteiger charge is 2.24. The Balaban J connectivity index is 2.14. The molecule has 0 radical (unpaired) electrons. The first kappa shape index (κ1) is 13.2. The number of benzene rings is 1. The first-order valence-corrected chi connectivity index (χ1v) is 6.90. The highest BCUT2D eigenvalue weighted by molar-refractivity contribution is 5.23. The maximum atomic E-state index is 10.2. The van der Waals surface area contributed by atoms with E-state index in [0.717, 1.165) is 24.8 Å². The van der Waals surface area contributed by atoms with Crippen LogP contribution in [0.5, 0.6) is 0 Å². The Morgan fingerprint density at radius 2 is 2.00 bits per heavy atom. The van der Waals surface area contributed by atoms with Gasteiger partial charge in [0.1, 0.15) is 11.9 Å². The standard InChI is InChI=1S/C16H22O2/c1-2-8-15(17)16(13-9-4-3-5-10-13)18-14-11-6-7-12-14/h3-5,8-10,14,16-17H,2,6-7,11-12H2,1H3/b15-8+. The van der Waals surface area contributed by atoms with Gasteiger partial charge in [0.25, 0.3) is 0 Å². The fraction of sp³-hybridized carbons (Fsp3) is 0.500. The van der Waals surface area contributed by atoms with Crippen LogP contribution in [0, 0.1) is 0 Å². The zero-order valence-electron chi connectivity index (χ0n) is 11.0. The van der Waals surface area contributed by atoms with Crippen molar-refractivity contribution in [2.24, 2.45) is 0 Å². The first-order valence-electron chi connectivity index (χ1n) is 6.90. The summed E-state index contributed by atoms with van der Waals surface area (Å²) in [7, 11) is 0. The molecule has 2 heteroatoms. The minimum absolute atomic E-state index is 0.294. The summed E-state index contributed by atoms with van der Waals surface area (Å²) in [4.78, 5) is 0. The number of aliphatic hydroxyl groups is 1. The SMILES string of the molecule is CC/C=C(/O)C(OC1CCCC1)c1ccccc1. The maximum Gasteiger partial charge on any atom is 0.139 e. The Morgan fingerprint density at radius 3 is 2.61 bits per heavy atom. The smallest absolute Gasteiger partial charge is 0.139 e. The van der Waals surface area contributed by atoms with Gasteiger partial charge in [0, 0.05) is 0 Å². The zero-order valence-corrected chi connectivity index (χ0v) is 11.0. The highest BCUT2D eigenvalue weighted by atomic mass is 16.5. The van der Waals surface area contributed by atoms with Gasteiger partial charge in [-0.1, -0.05) is 50.1 Å². The molecule has 1 atom stereocenters. The van der Waals surface area contributed by atoms with Gasteiger partial charge in [-0.05, 0) is 30.9 Å². The lowest BCUT2D eigenvalue weighted by Crippen LogP contribution is -2.15. The lowest BCUT2D eigenvalue weighted by Gasteiger charge is -2.22. The van der Waals surface area contributed by atoms with Gasteiger partial charge < -0.3 is 9.84 Å². The average Bonchev–Trinajstić information content (AvgIpc) is 2.90. The molecule has 0 heterocycles. The molecule has 0 spiro atoms. The molecule has 1 aromatic carbocycles. The minimum atomic E-state index is -0.297. The van der Waals surface area contributed by atoms with Crippen LogP contribution in [0.15, 0.2) is 42.2 Å². The number of allylic oxidation sites excluding steroid dienone is 1. The van der Waals surface area contributed by atoms with Crippen LogP contribution in [0.4, 0.5) is 0 Å². The summed E-state index contributed by atoms with van der Waals surface area (Å²) in [5.74, 6) is 0.343. The van der Waals surface area contributed by atoms with Crippen LogP contribution >= 0.6 is 0 Å². The Labute approximate surface area is 109 Å². The largest absolute Gasteiger partial charge is 0.510 e. The van der Waals surface area contributed by atoms with Gasteiger partial charge in [0.15, 0.2) is 0 Å². The summed E-state index contributed by atoms with van der Waals surface area (Å²) in [6, 6.07) is 9.98. The topological polar surface area (TPSA) is 29.5 Å². The van der Waals surface area contributed by atoms with Gasteiger partial charge in [-0.15, -0.1) is 0 Å². The lowest BCUT2D eigenvalue weighted by atomic mass is 10.1. The van der Waals surface area contributed by atoms with E-state index in [2.05, 4.69) is 0 Å². The molecule has 1 saturated carbocycles. The Morgan fingerprint density at radius 1 is 1.33 bits per heavy atom. The monoisotopic (exact) mass is 246 g/mol. The van der Waals surface area contributed by atoms with Crippen molar-refractivity contribution in [2.45, 2.75) is 51.2 Å². The molecule has 1 fully saturated rings. The third kappa shape index (κ3) is 3.36. The van der Waals surface area contributed by atoms with E-state index in [1.54, 1.807) is 0 Å². The molecule has 98 valence electrons. The van der Waals surface area contributed by atoms with Gasteiger partial charge >= 0.3 is 0 Å². The fourth-order valence-corrected chi connectivity index (χ4v) is 2.48. The summed E-state index contributed by atoms with van der Waals surface area (Å²) >= 11 is 0. The molecule has 1 N–H and O–H groups in total. The second kappa shape index (κ2) is 6.60. The summed E-state index contributed by atoms with van der Waals surface area (Å²) < 4.78 is 6.09. The number of aliphatic hydroxyl groups excluding tert-OH is 1. The average molecular weight is 246 g/mol. The quantitative estimate of drug-likeness (QED) is 0.773. The van der Waals surface area contributed by atoms with Crippen LogP contribution in [-0.2, 0) is 4.74 Å². The lowest BCUT2D eigenvalue weighted by molar-refractivity contribution is -0.00980. The van der Waals surface area contributed by atoms with Gasteiger partial charge in [-0.25, -0.2) is 0 Å². The fourth-order valence-electron chi connectivity index (χ4n) is 2.48. The normalized spacial score (nSPS) is 19.1. The second-order valence-electron chi connectivity index (χ2n) is 4.87. The van der Waals surface area contributed by atoms with E-state index in [0.29, 0.717) is 11.9 Å². The van der Waals surface area contributed by atoms with Gasteiger partial charge in [0.05, 0.1) is 6.10 Å². The van der Waals surface area contributed by atoms with Crippen molar-refractivity contribution in [3.8, 4) is 0 Å². The number of hydrogen-bond acceptors (Lipinski definition) is 2. The minimum Gasteiger partial charge on any atom is -0.510 e. The molecule has 0 bridgehead atoms. The molecule has 18 heavy (non-hydrogen) atoms. The van der Waals surface area contributed by atoms with E-state index in [1.165, 1.54) is 12.8 Å². The van der Waals surface area contributed by atoms with Gasteiger partial charge in [-0.2, -0.15) is 0 Å². The van der Waals surface area contributed by atoms with Crippen molar-refractivity contribution in [3.05, 3.63) is 47.7 Å². The summed E-state index contributed by atoms with van der Waals surface area (Å²) in [5, 5.41) is 10.2. The highest BCUT2D eigenvalue weighted by Crippen LogP contribution is 2.31. The van der Waals surface area contributed by atoms with Crippen molar-refractivity contribution >= 4 is 0 Å². The van der Waals surface area contributed by atoms with Crippen LogP contribution in [0.25, 0.3) is 0 Å². The molecule has 1 aromatic rings. The van der Waals surface area contributed by atoms with Crippen molar-refractivity contribution in [1.29, 1.82) is 0 Å². The van der Waals surface area contributed by atoms with E-state index in [-0.39, 0.29) is 6.10 Å². The van der Waals surface area contributed by atoms with Crippen molar-refractivity contribution in [3.63, 3.8) is 0 Å². The van der Waals surface area contributed by atoms with Crippen LogP contribution in [0.3, 0.4) is 0 Å². The molecule has 1 aliphatic carbocycles. The maximum absolute atomic E-state index is 10.2. The molecule has 2 nitrogen and oxygen atoms in total. The van der Waals surface area contributed by atoms with E-state index in [1.807, 2.05) is 43.3 Å². The number of hydrogen-bond donors (Lipinski definition) is 1. The molecule has 0 aromatic heterocycles. The van der Waals surface area contributed by atoms with E-state index >= 15 is 0 Å². The van der Waals surface area contributed by atoms with Crippen molar-refractivity contribution in [2.75, 3.05) is 0 Å². The molecular formula is C16H22O2. The first-order chi connectivity index (χ1) is 8.81. The van der Waals surface area contributed by atoms with Crippen LogP contribution < -0.4 is 0 Å². The molecule has 1 unspecified atom stereocenters. The van der Waals surface area contributed by atoms with Gasteiger partial charge in [-0.3, -0.25) is 0 Å². The predicted octanol–water partition coefficient (Wildman–Crippen LogP) is 4.54. The predicted molar refractivity (Wildman–Crippen MR) is 73.5 cm³/mol. The summed E-state index contributed by atoms with van der Waals surface area (Å²) in [6.45, 7) is 2.02. The summed E-state index contributed by atoms with van der Waals surface area (Å²) in [6.07, 6.45) is 7.37. The van der Waals surface area contributed by atoms with Crippen molar-refractivity contribution < 1.29 is 9.84 Å². The summed E-state index contributed by atoms with van der Waals surface area (Å²) in [5.41, 5.74) is 1.03. The molecule has 0 saturated heterocycles. The van der Waals surface area contributed by atoms with E-state index in [4.69, 9.17) is 4.74 Å². The second-order valence-corrected chi connectivity index (χ2v) is 4.87. The Bertz CT molecular complexity index is 377. The van der Waals surface area contributed by atoms with E-state index in [9.17, 15) is 5.11 Å². The molecule has 1 aliphatic rings. The molecular weight excluding hydrogens is 224 g/mol. The molecule has 0 aliphatic heterocycles. The van der Waals surface area contributed by atoms with Crippen LogP contribution in [0.1, 0.15) is 50.7 Å². The number of ether oxygens (including phenoxy) is 1. The Kier molecular flexibility index (Phi) is 4.82. The van der Waals surface area contributed by atoms with Gasteiger partial charge in [0.2, 0.25) is 0 Å². The Hall–Kier alpha value is -1.28. The molecule has 0 amide bonds.